The van der Waals surface area contributed by atoms with Crippen LogP contribution >= 0.6 is 0 Å². The third-order valence-corrected chi connectivity index (χ3v) is 5.10. The van der Waals surface area contributed by atoms with Crippen molar-refractivity contribution in [2.24, 2.45) is 0 Å². The maximum atomic E-state index is 13.1. The van der Waals surface area contributed by atoms with Crippen molar-refractivity contribution < 1.29 is 23.4 Å². The number of benzene rings is 2. The van der Waals surface area contributed by atoms with Crippen molar-refractivity contribution in [3.05, 3.63) is 77.0 Å². The second kappa shape index (κ2) is 9.09. The fourth-order valence-electron chi connectivity index (χ4n) is 3.59. The molecule has 0 spiro atoms. The molecule has 0 saturated carbocycles. The van der Waals surface area contributed by atoms with Crippen LogP contribution in [-0.2, 0) is 16.1 Å². The number of fused-ring (bicyclic) bond motifs is 1. The highest BCUT2D eigenvalue weighted by molar-refractivity contribution is 5.92. The van der Waals surface area contributed by atoms with E-state index >= 15 is 0 Å². The first-order valence-electron chi connectivity index (χ1n) is 10.1. The highest BCUT2D eigenvalue weighted by Crippen LogP contribution is 2.39. The second-order valence-corrected chi connectivity index (χ2v) is 7.14. The van der Waals surface area contributed by atoms with Crippen molar-refractivity contribution in [3.63, 3.8) is 0 Å². The van der Waals surface area contributed by atoms with Crippen molar-refractivity contribution in [2.45, 2.75) is 26.5 Å². The normalized spacial score (nSPS) is 15.1. The first-order chi connectivity index (χ1) is 15.5. The number of halogens is 1. The zero-order valence-electron chi connectivity index (χ0n) is 18.0. The van der Waals surface area contributed by atoms with Crippen LogP contribution in [0.4, 0.5) is 10.3 Å². The average Bonchev–Trinajstić information content (AvgIpc) is 3.25. The molecule has 1 N–H and O–H groups in total. The van der Waals surface area contributed by atoms with Crippen molar-refractivity contribution in [2.75, 3.05) is 19.0 Å². The SMILES string of the molecule is CCOC(=O)C1=C(C)Nc2ncnn2[C@H]1c1ccc(OCc2ccc(F)cc2)c(OC)c1. The predicted molar refractivity (Wildman–Crippen MR) is 115 cm³/mol. The van der Waals surface area contributed by atoms with E-state index in [0.29, 0.717) is 28.7 Å². The summed E-state index contributed by atoms with van der Waals surface area (Å²) >= 11 is 0. The number of nitrogens with one attached hydrogen (secondary N) is 1. The molecule has 4 rings (SSSR count). The molecule has 0 unspecified atom stereocenters. The third-order valence-electron chi connectivity index (χ3n) is 5.10. The van der Waals surface area contributed by atoms with Gasteiger partial charge in [0, 0.05) is 5.70 Å². The number of hydrogen-bond acceptors (Lipinski definition) is 7. The van der Waals surface area contributed by atoms with Crippen LogP contribution in [-0.4, -0.2) is 34.5 Å². The van der Waals surface area contributed by atoms with Gasteiger partial charge in [-0.15, -0.1) is 0 Å². The zero-order chi connectivity index (χ0) is 22.7. The molecule has 0 aliphatic carbocycles. The molecule has 0 bridgehead atoms. The van der Waals surface area contributed by atoms with E-state index in [1.807, 2.05) is 6.07 Å². The fourth-order valence-corrected chi connectivity index (χ4v) is 3.59. The monoisotopic (exact) mass is 438 g/mol. The van der Waals surface area contributed by atoms with Crippen LogP contribution in [0.15, 0.2) is 60.1 Å². The smallest absolute Gasteiger partial charge is 0.338 e. The molecule has 0 saturated heterocycles. The molecule has 1 aliphatic heterocycles. The van der Waals surface area contributed by atoms with Gasteiger partial charge in [0.1, 0.15) is 24.8 Å². The summed E-state index contributed by atoms with van der Waals surface area (Å²) in [6, 6.07) is 11.0. The van der Waals surface area contributed by atoms with E-state index in [9.17, 15) is 9.18 Å². The number of carbonyl (C=O) groups is 1. The molecule has 9 heteroatoms. The van der Waals surface area contributed by atoms with Gasteiger partial charge in [0.25, 0.3) is 0 Å². The molecule has 0 fully saturated rings. The number of rotatable bonds is 7. The summed E-state index contributed by atoms with van der Waals surface area (Å²) < 4.78 is 31.5. The fraction of sp³-hybridized carbons (Fsp3) is 0.261. The minimum absolute atomic E-state index is 0.254. The van der Waals surface area contributed by atoms with Gasteiger partial charge in [-0.3, -0.25) is 0 Å². The summed E-state index contributed by atoms with van der Waals surface area (Å²) in [5.41, 5.74) is 2.66. The van der Waals surface area contributed by atoms with E-state index in [4.69, 9.17) is 14.2 Å². The summed E-state index contributed by atoms with van der Waals surface area (Å²) in [6.07, 6.45) is 1.42. The Morgan fingerprint density at radius 1 is 1.19 bits per heavy atom. The Balaban J connectivity index is 1.67. The van der Waals surface area contributed by atoms with Crippen LogP contribution in [0, 0.1) is 5.82 Å². The molecule has 3 aromatic rings. The van der Waals surface area contributed by atoms with Crippen LogP contribution < -0.4 is 14.8 Å². The van der Waals surface area contributed by atoms with Crippen LogP contribution in [0.25, 0.3) is 0 Å². The lowest BCUT2D eigenvalue weighted by molar-refractivity contribution is -0.139. The van der Waals surface area contributed by atoms with E-state index in [0.717, 1.165) is 11.1 Å². The van der Waals surface area contributed by atoms with Gasteiger partial charge in [-0.2, -0.15) is 10.1 Å². The van der Waals surface area contributed by atoms with Crippen LogP contribution in [0.2, 0.25) is 0 Å². The molecular formula is C23H23FN4O4. The maximum Gasteiger partial charge on any atom is 0.338 e. The topological polar surface area (TPSA) is 87.5 Å². The minimum atomic E-state index is -0.548. The molecule has 32 heavy (non-hydrogen) atoms. The molecule has 0 amide bonds. The average molecular weight is 438 g/mol. The van der Waals surface area contributed by atoms with Crippen LogP contribution in [0.1, 0.15) is 31.0 Å². The second-order valence-electron chi connectivity index (χ2n) is 7.14. The van der Waals surface area contributed by atoms with E-state index in [1.54, 1.807) is 49.9 Å². The van der Waals surface area contributed by atoms with Gasteiger partial charge in [0.05, 0.1) is 19.3 Å². The molecule has 1 aliphatic rings. The predicted octanol–water partition coefficient (Wildman–Crippen LogP) is 3.86. The Kier molecular flexibility index (Phi) is 6.07. The number of anilines is 1. The van der Waals surface area contributed by atoms with Gasteiger partial charge in [-0.1, -0.05) is 18.2 Å². The molecule has 2 heterocycles. The lowest BCUT2D eigenvalue weighted by Crippen LogP contribution is -2.29. The lowest BCUT2D eigenvalue weighted by atomic mass is 9.95. The third kappa shape index (κ3) is 4.14. The Bertz CT molecular complexity index is 1160. The number of carbonyl (C=O) groups excluding carboxylic acids is 1. The van der Waals surface area contributed by atoms with Gasteiger partial charge in [0.2, 0.25) is 5.95 Å². The Labute approximate surface area is 184 Å². The molecule has 8 nitrogen and oxygen atoms in total. The summed E-state index contributed by atoms with van der Waals surface area (Å²) in [6.45, 7) is 4.07. The van der Waals surface area contributed by atoms with Gasteiger partial charge in [-0.05, 0) is 49.2 Å². The largest absolute Gasteiger partial charge is 0.493 e. The zero-order valence-corrected chi connectivity index (χ0v) is 18.0. The van der Waals surface area contributed by atoms with Gasteiger partial charge < -0.3 is 19.5 Å². The van der Waals surface area contributed by atoms with Gasteiger partial charge in [0.15, 0.2) is 11.5 Å². The standard InChI is InChI=1S/C23H23FN4O4/c1-4-31-22(29)20-14(2)27-23-25-13-26-28(23)21(20)16-7-10-18(19(11-16)30-3)32-12-15-5-8-17(24)9-6-15/h5-11,13,21H,4,12H2,1-3H3,(H,25,26,27)/t21-/m0/s1. The van der Waals surface area contributed by atoms with Crippen molar-refractivity contribution in [1.82, 2.24) is 14.8 Å². The van der Waals surface area contributed by atoms with Crippen molar-refractivity contribution in [3.8, 4) is 11.5 Å². The lowest BCUT2D eigenvalue weighted by Gasteiger charge is -2.28. The van der Waals surface area contributed by atoms with E-state index in [1.165, 1.54) is 18.5 Å². The van der Waals surface area contributed by atoms with E-state index in [2.05, 4.69) is 15.4 Å². The van der Waals surface area contributed by atoms with E-state index < -0.39 is 12.0 Å². The molecule has 1 atom stereocenters. The molecule has 166 valence electrons. The van der Waals surface area contributed by atoms with Gasteiger partial charge >= 0.3 is 5.97 Å². The first-order valence-corrected chi connectivity index (χ1v) is 10.1. The quantitative estimate of drug-likeness (QED) is 0.561. The van der Waals surface area contributed by atoms with E-state index in [-0.39, 0.29) is 19.0 Å². The van der Waals surface area contributed by atoms with Crippen molar-refractivity contribution >= 4 is 11.9 Å². The van der Waals surface area contributed by atoms with Crippen LogP contribution in [0.3, 0.4) is 0 Å². The minimum Gasteiger partial charge on any atom is -0.493 e. The molecule has 0 radical (unpaired) electrons. The summed E-state index contributed by atoms with van der Waals surface area (Å²) in [4.78, 5) is 17.0. The van der Waals surface area contributed by atoms with Crippen molar-refractivity contribution in [1.29, 1.82) is 0 Å². The number of aromatic nitrogens is 3. The number of hydrogen-bond donors (Lipinski definition) is 1. The highest BCUT2D eigenvalue weighted by Gasteiger charge is 2.34. The Morgan fingerprint density at radius 2 is 1.97 bits per heavy atom. The number of nitrogens with zero attached hydrogens (tertiary/aromatic N) is 3. The summed E-state index contributed by atoms with van der Waals surface area (Å²) in [5, 5.41) is 7.40. The summed E-state index contributed by atoms with van der Waals surface area (Å²) in [5.74, 6) is 0.804. The Hall–Kier alpha value is -3.88. The van der Waals surface area contributed by atoms with Crippen LogP contribution in [0.5, 0.6) is 11.5 Å². The molecular weight excluding hydrogens is 415 g/mol. The van der Waals surface area contributed by atoms with Gasteiger partial charge in [-0.25, -0.2) is 13.9 Å². The number of allylic oxidation sites excluding steroid dienone is 1. The number of methoxy groups -OCH3 is 1. The molecule has 1 aromatic heterocycles. The number of esters is 1. The molecule has 2 aromatic carbocycles. The summed E-state index contributed by atoms with van der Waals surface area (Å²) in [7, 11) is 1.54. The Morgan fingerprint density at radius 3 is 2.69 bits per heavy atom. The first kappa shape index (κ1) is 21.4. The number of ether oxygens (including phenoxy) is 3. The maximum absolute atomic E-state index is 13.1. The highest BCUT2D eigenvalue weighted by atomic mass is 19.1.